The summed E-state index contributed by atoms with van der Waals surface area (Å²) in [7, 11) is 1.94. The van der Waals surface area contributed by atoms with Crippen molar-refractivity contribution < 1.29 is 9.18 Å². The highest BCUT2D eigenvalue weighted by molar-refractivity contribution is 5.96. The summed E-state index contributed by atoms with van der Waals surface area (Å²) in [4.78, 5) is 14.0. The first-order valence-electron chi connectivity index (χ1n) is 7.19. The van der Waals surface area contributed by atoms with E-state index < -0.39 is 5.82 Å². The Hall–Kier alpha value is -2.16. The van der Waals surface area contributed by atoms with Crippen LogP contribution < -0.4 is 4.90 Å². The van der Waals surface area contributed by atoms with Gasteiger partial charge in [-0.15, -0.1) is 0 Å². The highest BCUT2D eigenvalue weighted by atomic mass is 19.1. The number of aryl methyl sites for hydroxylation is 1. The lowest BCUT2D eigenvalue weighted by Crippen LogP contribution is -2.21. The summed E-state index contributed by atoms with van der Waals surface area (Å²) in [5.74, 6) is -0.609. The zero-order valence-electron chi connectivity index (χ0n) is 12.5. The fourth-order valence-electron chi connectivity index (χ4n) is 2.21. The molecule has 0 unspecified atom stereocenters. The monoisotopic (exact) mass is 285 g/mol. The summed E-state index contributed by atoms with van der Waals surface area (Å²) < 4.78 is 13.5. The molecule has 0 atom stereocenters. The Morgan fingerprint density at radius 3 is 2.38 bits per heavy atom. The molecule has 0 fully saturated rings. The molecule has 0 N–H and O–H groups in total. The van der Waals surface area contributed by atoms with Crippen molar-refractivity contribution in [3.05, 3.63) is 65.5 Å². The molecule has 0 aromatic heterocycles. The third kappa shape index (κ3) is 3.91. The lowest BCUT2D eigenvalue weighted by Gasteiger charge is -2.19. The normalized spacial score (nSPS) is 10.4. The van der Waals surface area contributed by atoms with Gasteiger partial charge in [0.25, 0.3) is 0 Å². The number of ketones is 1. The van der Waals surface area contributed by atoms with E-state index >= 15 is 0 Å². The first-order valence-corrected chi connectivity index (χ1v) is 7.19. The number of carbonyl (C=O) groups is 1. The average molecular weight is 285 g/mol. The molecule has 2 aromatic carbocycles. The van der Waals surface area contributed by atoms with E-state index in [1.807, 2.05) is 24.1 Å². The number of hydrogen-bond acceptors (Lipinski definition) is 2. The van der Waals surface area contributed by atoms with Gasteiger partial charge in [-0.2, -0.15) is 0 Å². The van der Waals surface area contributed by atoms with Gasteiger partial charge in [-0.1, -0.05) is 31.2 Å². The van der Waals surface area contributed by atoms with Crippen LogP contribution in [0.3, 0.4) is 0 Å². The number of carbonyl (C=O) groups excluding carboxylic acids is 1. The van der Waals surface area contributed by atoms with E-state index in [0.717, 1.165) is 12.1 Å². The Bertz CT molecular complexity index is 607. The minimum Gasteiger partial charge on any atom is -0.374 e. The highest BCUT2D eigenvalue weighted by Gasteiger charge is 2.11. The summed E-state index contributed by atoms with van der Waals surface area (Å²) in [5.41, 5.74) is 2.52. The van der Waals surface area contributed by atoms with Crippen molar-refractivity contribution in [1.29, 1.82) is 0 Å². The number of benzene rings is 2. The van der Waals surface area contributed by atoms with Crippen molar-refractivity contribution in [2.24, 2.45) is 0 Å². The molecule has 0 bridgehead atoms. The van der Waals surface area contributed by atoms with Gasteiger partial charge in [0.15, 0.2) is 5.78 Å². The minimum absolute atomic E-state index is 0.162. The Morgan fingerprint density at radius 2 is 1.76 bits per heavy atom. The van der Waals surface area contributed by atoms with E-state index in [1.54, 1.807) is 12.1 Å². The Morgan fingerprint density at radius 1 is 1.10 bits per heavy atom. The van der Waals surface area contributed by atoms with Crippen LogP contribution in [0.5, 0.6) is 0 Å². The molecule has 0 spiro atoms. The van der Waals surface area contributed by atoms with Gasteiger partial charge in [0.1, 0.15) is 5.82 Å². The zero-order valence-corrected chi connectivity index (χ0v) is 12.5. The number of anilines is 1. The third-order valence-electron chi connectivity index (χ3n) is 3.63. The molecule has 0 heterocycles. The maximum absolute atomic E-state index is 13.5. The van der Waals surface area contributed by atoms with Crippen LogP contribution in [0.2, 0.25) is 0 Å². The second kappa shape index (κ2) is 7.02. The van der Waals surface area contributed by atoms with Crippen molar-refractivity contribution in [3.63, 3.8) is 0 Å². The third-order valence-corrected chi connectivity index (χ3v) is 3.63. The van der Waals surface area contributed by atoms with Crippen LogP contribution in [0.1, 0.15) is 29.3 Å². The average Bonchev–Trinajstić information content (AvgIpc) is 2.52. The Balaban J connectivity index is 1.95. The number of rotatable bonds is 6. The second-order valence-corrected chi connectivity index (χ2v) is 5.09. The predicted molar refractivity (Wildman–Crippen MR) is 84.4 cm³/mol. The minimum atomic E-state index is -0.447. The highest BCUT2D eigenvalue weighted by Crippen LogP contribution is 2.15. The maximum atomic E-state index is 13.5. The van der Waals surface area contributed by atoms with Gasteiger partial charge in [-0.25, -0.2) is 4.39 Å². The second-order valence-electron chi connectivity index (χ2n) is 5.09. The van der Waals surface area contributed by atoms with Crippen molar-refractivity contribution in [1.82, 2.24) is 0 Å². The van der Waals surface area contributed by atoms with Gasteiger partial charge >= 0.3 is 0 Å². The summed E-state index contributed by atoms with van der Waals surface area (Å²) in [5, 5.41) is 0. The number of hydrogen-bond donors (Lipinski definition) is 0. The molecule has 0 saturated carbocycles. The van der Waals surface area contributed by atoms with Crippen LogP contribution in [0.15, 0.2) is 48.5 Å². The Kier molecular flexibility index (Phi) is 5.09. The molecule has 3 heteroatoms. The molecular weight excluding hydrogens is 265 g/mol. The summed E-state index contributed by atoms with van der Waals surface area (Å²) in [6.45, 7) is 2.68. The molecule has 0 aliphatic rings. The van der Waals surface area contributed by atoms with E-state index in [2.05, 4.69) is 19.1 Å². The number of Topliss-reactive ketones (excluding diaryl/α,β-unsaturated/α-hetero) is 1. The van der Waals surface area contributed by atoms with E-state index in [9.17, 15) is 9.18 Å². The van der Waals surface area contributed by atoms with Crippen molar-refractivity contribution in [2.45, 2.75) is 19.8 Å². The molecule has 0 aliphatic heterocycles. The van der Waals surface area contributed by atoms with Crippen molar-refractivity contribution >= 4 is 11.5 Å². The van der Waals surface area contributed by atoms with Gasteiger partial charge in [0.05, 0.1) is 5.56 Å². The van der Waals surface area contributed by atoms with E-state index in [0.29, 0.717) is 13.0 Å². The van der Waals surface area contributed by atoms with Crippen LogP contribution in [0, 0.1) is 5.82 Å². The SMILES string of the molecule is CCc1ccc(N(C)CCC(=O)c2ccccc2F)cc1. The molecule has 0 amide bonds. The van der Waals surface area contributed by atoms with Gasteiger partial charge in [-0.3, -0.25) is 4.79 Å². The first-order chi connectivity index (χ1) is 10.1. The molecule has 2 aromatic rings. The molecule has 21 heavy (non-hydrogen) atoms. The van der Waals surface area contributed by atoms with Crippen LogP contribution in [0.4, 0.5) is 10.1 Å². The lowest BCUT2D eigenvalue weighted by molar-refractivity contribution is 0.0981. The van der Waals surface area contributed by atoms with Crippen LogP contribution >= 0.6 is 0 Å². The van der Waals surface area contributed by atoms with Gasteiger partial charge < -0.3 is 4.90 Å². The number of nitrogens with zero attached hydrogens (tertiary/aromatic N) is 1. The Labute approximate surface area is 125 Å². The quantitative estimate of drug-likeness (QED) is 0.745. The molecule has 0 radical (unpaired) electrons. The smallest absolute Gasteiger partial charge is 0.167 e. The standard InChI is InChI=1S/C18H20FNO/c1-3-14-8-10-15(11-9-14)20(2)13-12-18(21)16-6-4-5-7-17(16)19/h4-11H,3,12-13H2,1-2H3. The van der Waals surface area contributed by atoms with Gasteiger partial charge in [0.2, 0.25) is 0 Å². The van der Waals surface area contributed by atoms with Gasteiger partial charge in [0, 0.05) is 25.7 Å². The van der Waals surface area contributed by atoms with Gasteiger partial charge in [-0.05, 0) is 36.2 Å². The molecule has 110 valence electrons. The van der Waals surface area contributed by atoms with Crippen molar-refractivity contribution in [3.8, 4) is 0 Å². The van der Waals surface area contributed by atoms with E-state index in [1.165, 1.54) is 17.7 Å². The predicted octanol–water partition coefficient (Wildman–Crippen LogP) is 4.10. The maximum Gasteiger partial charge on any atom is 0.167 e. The summed E-state index contributed by atoms with van der Waals surface area (Å²) >= 11 is 0. The lowest BCUT2D eigenvalue weighted by atomic mass is 10.1. The topological polar surface area (TPSA) is 20.3 Å². The van der Waals surface area contributed by atoms with Crippen LogP contribution in [-0.2, 0) is 6.42 Å². The fraction of sp³-hybridized carbons (Fsp3) is 0.278. The molecule has 0 aliphatic carbocycles. The van der Waals surface area contributed by atoms with Crippen LogP contribution in [-0.4, -0.2) is 19.4 Å². The molecule has 0 saturated heterocycles. The fourth-order valence-corrected chi connectivity index (χ4v) is 2.21. The first kappa shape index (κ1) is 15.2. The largest absolute Gasteiger partial charge is 0.374 e. The van der Waals surface area contributed by atoms with Crippen molar-refractivity contribution in [2.75, 3.05) is 18.5 Å². The number of halogens is 1. The molecule has 2 nitrogen and oxygen atoms in total. The zero-order chi connectivity index (χ0) is 15.2. The van der Waals surface area contributed by atoms with Crippen LogP contribution in [0.25, 0.3) is 0 Å². The summed E-state index contributed by atoms with van der Waals surface area (Å²) in [6, 6.07) is 14.4. The molecule has 2 rings (SSSR count). The molecular formula is C18H20FNO. The van der Waals surface area contributed by atoms with E-state index in [4.69, 9.17) is 0 Å². The van der Waals surface area contributed by atoms with E-state index in [-0.39, 0.29) is 11.3 Å². The summed E-state index contributed by atoms with van der Waals surface area (Å²) in [6.07, 6.45) is 1.31.